The van der Waals surface area contributed by atoms with Crippen LogP contribution >= 0.6 is 0 Å². The fraction of sp³-hybridized carbons (Fsp3) is 0.455. The number of likely N-dealkylation sites (tertiary alicyclic amines) is 1. The number of benzene rings is 1. The quantitative estimate of drug-likeness (QED) is 0.710. The van der Waals surface area contributed by atoms with Gasteiger partial charge in [0.15, 0.2) is 0 Å². The summed E-state index contributed by atoms with van der Waals surface area (Å²) in [5.41, 5.74) is 1.85. The van der Waals surface area contributed by atoms with E-state index in [1.165, 1.54) is 0 Å². The van der Waals surface area contributed by atoms with Crippen molar-refractivity contribution in [2.24, 2.45) is 0 Å². The number of hydrogen-bond donors (Lipinski definition) is 3. The summed E-state index contributed by atoms with van der Waals surface area (Å²) in [6, 6.07) is 12.0. The van der Waals surface area contributed by atoms with Crippen LogP contribution < -0.4 is 5.56 Å². The van der Waals surface area contributed by atoms with E-state index < -0.39 is 11.6 Å². The van der Waals surface area contributed by atoms with E-state index in [1.807, 2.05) is 31.2 Å². The number of H-pyrrole nitrogens is 1. The molecule has 0 bridgehead atoms. The SMILES string of the molecule is Cc1cc([C@@H]2CN(CC(C)(C)O)C[C@@H]2c2ccccc2)c(CC(=O)O)c(=O)[nH]1. The molecule has 1 aliphatic rings. The topological polar surface area (TPSA) is 93.6 Å². The number of rotatable bonds is 6. The first-order valence-corrected chi connectivity index (χ1v) is 9.58. The van der Waals surface area contributed by atoms with Gasteiger partial charge in [-0.05, 0) is 38.0 Å². The standard InChI is InChI=1S/C22H28N2O4/c1-14-9-16(17(10-20(25)26)21(27)23-14)19-12-24(13-22(2,3)28)11-18(19)15-7-5-4-6-8-15/h4-9,18-19,28H,10-13H2,1-3H3,(H,23,27)(H,25,26)/t18-,19+/m1/s1. The highest BCUT2D eigenvalue weighted by atomic mass is 16.4. The molecule has 150 valence electrons. The molecule has 1 aliphatic heterocycles. The molecule has 1 fully saturated rings. The number of pyridine rings is 1. The monoisotopic (exact) mass is 384 g/mol. The van der Waals surface area contributed by atoms with E-state index in [2.05, 4.69) is 22.0 Å². The predicted molar refractivity (Wildman–Crippen MR) is 108 cm³/mol. The number of aromatic nitrogens is 1. The second-order valence-corrected chi connectivity index (χ2v) is 8.42. The molecule has 6 heteroatoms. The summed E-state index contributed by atoms with van der Waals surface area (Å²) < 4.78 is 0. The van der Waals surface area contributed by atoms with Gasteiger partial charge in [-0.25, -0.2) is 0 Å². The number of hydrogen-bond acceptors (Lipinski definition) is 4. The highest BCUT2D eigenvalue weighted by Crippen LogP contribution is 2.41. The Morgan fingerprint density at radius 1 is 1.21 bits per heavy atom. The van der Waals surface area contributed by atoms with E-state index in [0.29, 0.717) is 18.7 Å². The fourth-order valence-corrected chi connectivity index (χ4v) is 4.32. The third-order valence-corrected chi connectivity index (χ3v) is 5.27. The number of aromatic amines is 1. The Morgan fingerprint density at radius 3 is 2.46 bits per heavy atom. The minimum Gasteiger partial charge on any atom is -0.481 e. The molecule has 0 radical (unpaired) electrons. The van der Waals surface area contributed by atoms with Crippen LogP contribution in [-0.4, -0.2) is 51.3 Å². The Kier molecular flexibility index (Phi) is 5.72. The van der Waals surface area contributed by atoms with Crippen molar-refractivity contribution in [1.29, 1.82) is 0 Å². The first-order valence-electron chi connectivity index (χ1n) is 9.58. The molecule has 2 aromatic rings. The number of β-amino-alcohol motifs (C(OH)–C–C–N with tert-alkyl or cyclic N) is 1. The zero-order chi connectivity index (χ0) is 20.5. The molecule has 3 rings (SSSR count). The molecule has 3 N–H and O–H groups in total. The Bertz CT molecular complexity index is 899. The lowest BCUT2D eigenvalue weighted by molar-refractivity contribution is -0.136. The Labute approximate surface area is 164 Å². The number of carboxylic acids is 1. The molecule has 2 heterocycles. The van der Waals surface area contributed by atoms with Crippen LogP contribution in [0.5, 0.6) is 0 Å². The van der Waals surface area contributed by atoms with Crippen molar-refractivity contribution in [3.8, 4) is 0 Å². The lowest BCUT2D eigenvalue weighted by Crippen LogP contribution is -2.37. The van der Waals surface area contributed by atoms with E-state index in [1.54, 1.807) is 13.8 Å². The molecule has 28 heavy (non-hydrogen) atoms. The van der Waals surface area contributed by atoms with Gasteiger partial charge >= 0.3 is 5.97 Å². The third kappa shape index (κ3) is 4.69. The summed E-state index contributed by atoms with van der Waals surface area (Å²) in [6.45, 7) is 7.31. The van der Waals surface area contributed by atoms with Gasteiger partial charge in [0.2, 0.25) is 0 Å². The largest absolute Gasteiger partial charge is 0.481 e. The Hall–Kier alpha value is -2.44. The second kappa shape index (κ2) is 7.89. The Balaban J connectivity index is 2.06. The molecule has 0 unspecified atom stereocenters. The fourth-order valence-electron chi connectivity index (χ4n) is 4.32. The maximum atomic E-state index is 12.5. The van der Waals surface area contributed by atoms with Gasteiger partial charge in [0.05, 0.1) is 12.0 Å². The average Bonchev–Trinajstić information content (AvgIpc) is 2.99. The van der Waals surface area contributed by atoms with Gasteiger partial charge in [-0.15, -0.1) is 0 Å². The van der Waals surface area contributed by atoms with Crippen molar-refractivity contribution in [3.63, 3.8) is 0 Å². The number of carboxylic acid groups (broad SMARTS) is 1. The minimum absolute atomic E-state index is 0.0138. The van der Waals surface area contributed by atoms with Gasteiger partial charge in [-0.1, -0.05) is 30.3 Å². The van der Waals surface area contributed by atoms with Crippen LogP contribution in [-0.2, 0) is 11.2 Å². The van der Waals surface area contributed by atoms with Crippen molar-refractivity contribution in [2.75, 3.05) is 19.6 Å². The molecule has 0 aliphatic carbocycles. The zero-order valence-corrected chi connectivity index (χ0v) is 16.6. The second-order valence-electron chi connectivity index (χ2n) is 8.42. The summed E-state index contributed by atoms with van der Waals surface area (Å²) in [7, 11) is 0. The maximum absolute atomic E-state index is 12.5. The molecule has 1 aromatic carbocycles. The lowest BCUT2D eigenvalue weighted by Gasteiger charge is -2.25. The highest BCUT2D eigenvalue weighted by Gasteiger charge is 2.38. The molecular weight excluding hydrogens is 356 g/mol. The van der Waals surface area contributed by atoms with Gasteiger partial charge in [0.25, 0.3) is 5.56 Å². The van der Waals surface area contributed by atoms with Crippen LogP contribution in [0.25, 0.3) is 0 Å². The van der Waals surface area contributed by atoms with Gasteiger partial charge in [-0.3, -0.25) is 14.5 Å². The molecule has 6 nitrogen and oxygen atoms in total. The molecular formula is C22H28N2O4. The van der Waals surface area contributed by atoms with Crippen LogP contribution in [0.3, 0.4) is 0 Å². The Morgan fingerprint density at radius 2 is 1.86 bits per heavy atom. The van der Waals surface area contributed by atoms with Crippen LogP contribution in [0.2, 0.25) is 0 Å². The maximum Gasteiger partial charge on any atom is 0.308 e. The van der Waals surface area contributed by atoms with E-state index in [0.717, 1.165) is 23.4 Å². The van der Waals surface area contributed by atoms with E-state index in [9.17, 15) is 19.8 Å². The number of aliphatic hydroxyl groups is 1. The summed E-state index contributed by atoms with van der Waals surface area (Å²) in [6.07, 6.45) is -0.297. The summed E-state index contributed by atoms with van der Waals surface area (Å²) in [4.78, 5) is 28.9. The van der Waals surface area contributed by atoms with Crippen molar-refractivity contribution in [2.45, 2.75) is 44.6 Å². The zero-order valence-electron chi connectivity index (χ0n) is 16.6. The van der Waals surface area contributed by atoms with Gasteiger partial charge in [-0.2, -0.15) is 0 Å². The first-order chi connectivity index (χ1) is 13.1. The number of nitrogens with one attached hydrogen (secondary N) is 1. The summed E-state index contributed by atoms with van der Waals surface area (Å²) >= 11 is 0. The normalized spacial score (nSPS) is 20.4. The highest BCUT2D eigenvalue weighted by molar-refractivity contribution is 5.70. The van der Waals surface area contributed by atoms with Crippen molar-refractivity contribution in [3.05, 3.63) is 69.1 Å². The average molecular weight is 384 g/mol. The van der Waals surface area contributed by atoms with E-state index in [-0.39, 0.29) is 23.8 Å². The van der Waals surface area contributed by atoms with Crippen molar-refractivity contribution >= 4 is 5.97 Å². The molecule has 2 atom stereocenters. The van der Waals surface area contributed by atoms with Gasteiger partial charge < -0.3 is 15.2 Å². The van der Waals surface area contributed by atoms with Crippen molar-refractivity contribution < 1.29 is 15.0 Å². The molecule has 0 amide bonds. The van der Waals surface area contributed by atoms with Crippen LogP contribution in [0, 0.1) is 6.92 Å². The summed E-state index contributed by atoms with van der Waals surface area (Å²) in [5.74, 6) is -0.907. The number of aryl methyl sites for hydroxylation is 1. The molecule has 1 saturated heterocycles. The third-order valence-electron chi connectivity index (χ3n) is 5.27. The number of nitrogens with zero attached hydrogens (tertiary/aromatic N) is 1. The van der Waals surface area contributed by atoms with Crippen molar-refractivity contribution in [1.82, 2.24) is 9.88 Å². The lowest BCUT2D eigenvalue weighted by atomic mass is 9.82. The van der Waals surface area contributed by atoms with E-state index in [4.69, 9.17) is 0 Å². The molecule has 0 spiro atoms. The van der Waals surface area contributed by atoms with Gasteiger partial charge in [0.1, 0.15) is 0 Å². The predicted octanol–water partition coefficient (Wildman–Crippen LogP) is 2.26. The number of carbonyl (C=O) groups is 1. The van der Waals surface area contributed by atoms with Crippen LogP contribution in [0.4, 0.5) is 0 Å². The van der Waals surface area contributed by atoms with Gasteiger partial charge in [0, 0.05) is 42.7 Å². The van der Waals surface area contributed by atoms with Crippen LogP contribution in [0.15, 0.2) is 41.2 Å². The molecule has 1 aromatic heterocycles. The summed E-state index contributed by atoms with van der Waals surface area (Å²) in [5, 5.41) is 19.6. The number of aliphatic carboxylic acids is 1. The van der Waals surface area contributed by atoms with E-state index >= 15 is 0 Å². The minimum atomic E-state index is -1.02. The smallest absolute Gasteiger partial charge is 0.308 e. The molecule has 0 saturated carbocycles. The first kappa shape index (κ1) is 20.3. The van der Waals surface area contributed by atoms with Crippen LogP contribution in [0.1, 0.15) is 48.1 Å².